The van der Waals surface area contributed by atoms with E-state index in [4.69, 9.17) is 22.1 Å². The Kier molecular flexibility index (Phi) is 6.79. The maximum absolute atomic E-state index is 11.4. The number of sulfone groups is 1. The van der Waals surface area contributed by atoms with Crippen LogP contribution >= 0.6 is 11.6 Å². The number of ether oxygens (including phenoxy) is 1. The molecule has 114 valence electrons. The summed E-state index contributed by atoms with van der Waals surface area (Å²) in [4.78, 5) is 0. The Morgan fingerprint density at radius 1 is 1.40 bits per heavy atom. The fourth-order valence-corrected chi connectivity index (χ4v) is 2.84. The molecule has 0 spiro atoms. The van der Waals surface area contributed by atoms with Crippen LogP contribution in [0.1, 0.15) is 25.8 Å². The smallest absolute Gasteiger partial charge is 0.150 e. The van der Waals surface area contributed by atoms with E-state index in [1.165, 1.54) is 0 Å². The summed E-state index contributed by atoms with van der Waals surface area (Å²) < 4.78 is 28.4. The summed E-state index contributed by atoms with van der Waals surface area (Å²) in [6.45, 7) is 3.93. The molecule has 2 N–H and O–H groups in total. The molecule has 0 fully saturated rings. The lowest BCUT2D eigenvalue weighted by Crippen LogP contribution is -2.18. The van der Waals surface area contributed by atoms with Gasteiger partial charge in [-0.1, -0.05) is 18.5 Å². The van der Waals surface area contributed by atoms with Gasteiger partial charge in [0.05, 0.1) is 12.4 Å². The van der Waals surface area contributed by atoms with Gasteiger partial charge in [-0.25, -0.2) is 8.42 Å². The Bertz CT molecular complexity index is 529. The molecule has 0 radical (unpaired) electrons. The molecule has 1 aromatic rings. The summed E-state index contributed by atoms with van der Waals surface area (Å²) >= 11 is 5.96. The van der Waals surface area contributed by atoms with E-state index in [0.29, 0.717) is 24.5 Å². The van der Waals surface area contributed by atoms with Crippen molar-refractivity contribution in [2.24, 2.45) is 5.73 Å². The molecule has 20 heavy (non-hydrogen) atoms. The lowest BCUT2D eigenvalue weighted by molar-refractivity contribution is 0.314. The van der Waals surface area contributed by atoms with Crippen molar-refractivity contribution in [2.45, 2.75) is 32.7 Å². The molecule has 0 bridgehead atoms. The maximum atomic E-state index is 11.4. The summed E-state index contributed by atoms with van der Waals surface area (Å²) in [5, 5.41) is 0.640. The molecule has 1 aromatic carbocycles. The zero-order valence-electron chi connectivity index (χ0n) is 11.9. The second-order valence-electron chi connectivity index (χ2n) is 4.87. The predicted molar refractivity (Wildman–Crippen MR) is 83.2 cm³/mol. The monoisotopic (exact) mass is 319 g/mol. The molecule has 0 heterocycles. The van der Waals surface area contributed by atoms with E-state index in [0.717, 1.165) is 11.3 Å². The van der Waals surface area contributed by atoms with Crippen LogP contribution < -0.4 is 10.5 Å². The highest BCUT2D eigenvalue weighted by atomic mass is 35.5. The van der Waals surface area contributed by atoms with Crippen molar-refractivity contribution in [2.75, 3.05) is 18.1 Å². The van der Waals surface area contributed by atoms with Crippen LogP contribution in [0, 0.1) is 0 Å². The van der Waals surface area contributed by atoms with Crippen LogP contribution in [-0.2, 0) is 16.3 Å². The molecule has 0 aliphatic carbocycles. The zero-order chi connectivity index (χ0) is 15.2. The van der Waals surface area contributed by atoms with E-state index in [1.54, 1.807) is 19.1 Å². The van der Waals surface area contributed by atoms with Crippen molar-refractivity contribution < 1.29 is 13.2 Å². The molecule has 0 aliphatic heterocycles. The Morgan fingerprint density at radius 3 is 2.70 bits per heavy atom. The van der Waals surface area contributed by atoms with Crippen LogP contribution in [-0.4, -0.2) is 32.6 Å². The lowest BCUT2D eigenvalue weighted by Gasteiger charge is -2.13. The van der Waals surface area contributed by atoms with Crippen molar-refractivity contribution in [1.82, 2.24) is 0 Å². The molecule has 6 heteroatoms. The molecular weight excluding hydrogens is 298 g/mol. The van der Waals surface area contributed by atoms with Crippen molar-refractivity contribution in [3.05, 3.63) is 28.8 Å². The molecule has 0 amide bonds. The van der Waals surface area contributed by atoms with Gasteiger partial charge in [0.15, 0.2) is 0 Å². The number of hydrogen-bond donors (Lipinski definition) is 1. The minimum absolute atomic E-state index is 0.0104. The average molecular weight is 320 g/mol. The lowest BCUT2D eigenvalue weighted by atomic mass is 10.1. The van der Waals surface area contributed by atoms with Gasteiger partial charge in [-0.2, -0.15) is 0 Å². The predicted octanol–water partition coefficient (Wildman–Crippen LogP) is 2.43. The highest BCUT2D eigenvalue weighted by Crippen LogP contribution is 2.24. The second kappa shape index (κ2) is 7.86. The maximum Gasteiger partial charge on any atom is 0.150 e. The topological polar surface area (TPSA) is 69.4 Å². The van der Waals surface area contributed by atoms with E-state index >= 15 is 0 Å². The van der Waals surface area contributed by atoms with E-state index in [2.05, 4.69) is 0 Å². The van der Waals surface area contributed by atoms with E-state index < -0.39 is 9.84 Å². The molecule has 1 atom stereocenters. The van der Waals surface area contributed by atoms with Gasteiger partial charge < -0.3 is 10.5 Å². The first-order valence-corrected chi connectivity index (χ1v) is 8.91. The van der Waals surface area contributed by atoms with E-state index in [9.17, 15) is 8.42 Å². The largest absolute Gasteiger partial charge is 0.493 e. The van der Waals surface area contributed by atoms with Gasteiger partial charge in [-0.05, 0) is 43.5 Å². The Balaban J connectivity index is 2.59. The standard InChI is InChI=1S/C14H22ClNO3S/c1-3-20(17,18)8-4-7-19-14-6-5-13(15)10-12(14)9-11(2)16/h5-6,10-11H,3-4,7-9,16H2,1-2H3. The Hall–Kier alpha value is -0.780. The van der Waals surface area contributed by atoms with Crippen molar-refractivity contribution in [1.29, 1.82) is 0 Å². The molecule has 4 nitrogen and oxygen atoms in total. The van der Waals surface area contributed by atoms with Crippen LogP contribution in [0.15, 0.2) is 18.2 Å². The van der Waals surface area contributed by atoms with Gasteiger partial charge in [0.2, 0.25) is 0 Å². The normalized spacial score (nSPS) is 13.2. The molecule has 0 aromatic heterocycles. The third kappa shape index (κ3) is 6.11. The number of nitrogens with two attached hydrogens (primary N) is 1. The minimum Gasteiger partial charge on any atom is -0.493 e. The first-order chi connectivity index (χ1) is 9.34. The number of halogens is 1. The van der Waals surface area contributed by atoms with Gasteiger partial charge in [0.25, 0.3) is 0 Å². The Labute approximate surface area is 126 Å². The van der Waals surface area contributed by atoms with Gasteiger partial charge in [-0.3, -0.25) is 0 Å². The van der Waals surface area contributed by atoms with Gasteiger partial charge >= 0.3 is 0 Å². The number of rotatable bonds is 8. The van der Waals surface area contributed by atoms with Crippen molar-refractivity contribution in [3.63, 3.8) is 0 Å². The first kappa shape index (κ1) is 17.3. The summed E-state index contributed by atoms with van der Waals surface area (Å²) in [6.07, 6.45) is 1.15. The molecule has 1 rings (SSSR count). The quantitative estimate of drug-likeness (QED) is 0.747. The van der Waals surface area contributed by atoms with Gasteiger partial charge in [0.1, 0.15) is 15.6 Å². The number of hydrogen-bond acceptors (Lipinski definition) is 4. The first-order valence-electron chi connectivity index (χ1n) is 6.71. The zero-order valence-corrected chi connectivity index (χ0v) is 13.5. The third-order valence-electron chi connectivity index (χ3n) is 2.86. The van der Waals surface area contributed by atoms with Crippen molar-refractivity contribution in [3.8, 4) is 5.75 Å². The van der Waals surface area contributed by atoms with Crippen molar-refractivity contribution >= 4 is 21.4 Å². The molecule has 0 saturated heterocycles. The van der Waals surface area contributed by atoms with Crippen LogP contribution in [0.5, 0.6) is 5.75 Å². The fourth-order valence-electron chi connectivity index (χ4n) is 1.80. The van der Waals surface area contributed by atoms with E-state index in [1.807, 2.05) is 13.0 Å². The van der Waals surface area contributed by atoms with Crippen LogP contribution in [0.2, 0.25) is 5.02 Å². The van der Waals surface area contributed by atoms with Gasteiger partial charge in [-0.15, -0.1) is 0 Å². The van der Waals surface area contributed by atoms with Gasteiger partial charge in [0, 0.05) is 16.8 Å². The van der Waals surface area contributed by atoms with Crippen LogP contribution in [0.4, 0.5) is 0 Å². The molecule has 0 saturated carbocycles. The summed E-state index contributed by atoms with van der Waals surface area (Å²) in [7, 11) is -2.93. The molecule has 0 aliphatic rings. The summed E-state index contributed by atoms with van der Waals surface area (Å²) in [5.74, 6) is 1.05. The summed E-state index contributed by atoms with van der Waals surface area (Å²) in [5.41, 5.74) is 6.75. The fraction of sp³-hybridized carbons (Fsp3) is 0.571. The minimum atomic E-state index is -2.93. The highest BCUT2D eigenvalue weighted by Gasteiger charge is 2.09. The Morgan fingerprint density at radius 2 is 2.10 bits per heavy atom. The second-order valence-corrected chi connectivity index (χ2v) is 7.78. The molecule has 1 unspecified atom stereocenters. The SMILES string of the molecule is CCS(=O)(=O)CCCOc1ccc(Cl)cc1CC(C)N. The van der Waals surface area contributed by atoms with Crippen LogP contribution in [0.25, 0.3) is 0 Å². The third-order valence-corrected chi connectivity index (χ3v) is 4.89. The molecular formula is C14H22ClNO3S. The number of benzene rings is 1. The van der Waals surface area contributed by atoms with Crippen LogP contribution in [0.3, 0.4) is 0 Å². The average Bonchev–Trinajstić information content (AvgIpc) is 2.36. The summed E-state index contributed by atoms with van der Waals surface area (Å²) in [6, 6.07) is 5.40. The highest BCUT2D eigenvalue weighted by molar-refractivity contribution is 7.91. The van der Waals surface area contributed by atoms with E-state index in [-0.39, 0.29) is 17.5 Å².